The second-order valence-corrected chi connectivity index (χ2v) is 4.51. The number of nitrogens with zero attached hydrogens (tertiary/aromatic N) is 1. The summed E-state index contributed by atoms with van der Waals surface area (Å²) < 4.78 is 42.7. The number of carbonyl (C=O) groups is 1. The molecular formula is C11H7F3N2OS. The number of hydrogen-bond acceptors (Lipinski definition) is 3. The van der Waals surface area contributed by atoms with Gasteiger partial charge in [-0.15, -0.1) is 0 Å². The van der Waals surface area contributed by atoms with Crippen LogP contribution < -0.4 is 5.32 Å². The minimum absolute atomic E-state index is 0.0987. The number of aromatic nitrogens is 1. The largest absolute Gasteiger partial charge is 0.318 e. The zero-order valence-corrected chi connectivity index (χ0v) is 9.95. The number of amides is 1. The molecule has 2 rings (SSSR count). The maximum atomic E-state index is 13.3. The number of aryl methyl sites for hydroxylation is 1. The zero-order valence-electron chi connectivity index (χ0n) is 9.13. The fraction of sp³-hybridized carbons (Fsp3) is 0.0909. The average Bonchev–Trinajstić information content (AvgIpc) is 2.77. The van der Waals surface area contributed by atoms with Crippen molar-refractivity contribution in [3.05, 3.63) is 46.2 Å². The fourth-order valence-electron chi connectivity index (χ4n) is 1.28. The fourth-order valence-corrected chi connectivity index (χ4v) is 1.82. The van der Waals surface area contributed by atoms with Gasteiger partial charge in [0, 0.05) is 4.88 Å². The number of anilines is 1. The summed E-state index contributed by atoms with van der Waals surface area (Å²) >= 11 is 1.11. The highest BCUT2D eigenvalue weighted by molar-refractivity contribution is 7.05. The van der Waals surface area contributed by atoms with Crippen LogP contribution >= 0.6 is 11.5 Å². The summed E-state index contributed by atoms with van der Waals surface area (Å²) in [6, 6.07) is 3.20. The molecule has 7 heteroatoms. The Bertz CT molecular complexity index is 612. The van der Waals surface area contributed by atoms with Crippen LogP contribution in [0.15, 0.2) is 18.2 Å². The van der Waals surface area contributed by atoms with E-state index in [1.165, 1.54) is 6.07 Å². The van der Waals surface area contributed by atoms with Crippen LogP contribution in [0, 0.1) is 24.4 Å². The lowest BCUT2D eigenvalue weighted by Crippen LogP contribution is -2.14. The molecule has 0 saturated carbocycles. The predicted molar refractivity (Wildman–Crippen MR) is 61.1 cm³/mol. The van der Waals surface area contributed by atoms with Crippen molar-refractivity contribution in [2.45, 2.75) is 6.92 Å². The van der Waals surface area contributed by atoms with E-state index in [0.717, 1.165) is 28.5 Å². The third-order valence-corrected chi connectivity index (χ3v) is 2.84. The van der Waals surface area contributed by atoms with Crippen molar-refractivity contribution < 1.29 is 18.0 Å². The van der Waals surface area contributed by atoms with E-state index in [1.807, 2.05) is 0 Å². The molecule has 0 aliphatic rings. The first kappa shape index (κ1) is 12.6. The molecule has 0 aliphatic carbocycles. The molecule has 2 aromatic rings. The number of rotatable bonds is 2. The summed E-state index contributed by atoms with van der Waals surface area (Å²) in [5.41, 5.74) is -0.328. The van der Waals surface area contributed by atoms with Crippen molar-refractivity contribution in [2.24, 2.45) is 0 Å². The summed E-state index contributed by atoms with van der Waals surface area (Å²) in [6.45, 7) is 1.76. The van der Waals surface area contributed by atoms with Crippen LogP contribution in [0.2, 0.25) is 0 Å². The molecule has 0 spiro atoms. The molecular weight excluding hydrogens is 265 g/mol. The minimum atomic E-state index is -1.62. The summed E-state index contributed by atoms with van der Waals surface area (Å²) in [6.07, 6.45) is 0. The summed E-state index contributed by atoms with van der Waals surface area (Å²) in [4.78, 5) is 12.4. The number of hydrogen-bond donors (Lipinski definition) is 1. The SMILES string of the molecule is Cc1cc(C(=O)Nc2ccc(F)c(F)c2F)ns1. The molecule has 94 valence electrons. The molecule has 1 heterocycles. The van der Waals surface area contributed by atoms with Gasteiger partial charge in [-0.2, -0.15) is 4.37 Å². The Balaban J connectivity index is 2.25. The van der Waals surface area contributed by atoms with Crippen LogP contribution in [0.3, 0.4) is 0 Å². The Kier molecular flexibility index (Phi) is 3.33. The van der Waals surface area contributed by atoms with Crippen LogP contribution in [0.5, 0.6) is 0 Å². The quantitative estimate of drug-likeness (QED) is 0.853. The van der Waals surface area contributed by atoms with E-state index in [2.05, 4.69) is 9.69 Å². The first-order valence-electron chi connectivity index (χ1n) is 4.87. The molecule has 0 aliphatic heterocycles. The highest BCUT2D eigenvalue weighted by Gasteiger charge is 2.17. The molecule has 1 aromatic heterocycles. The Labute approximate surface area is 104 Å². The molecule has 0 radical (unpaired) electrons. The predicted octanol–water partition coefficient (Wildman–Crippen LogP) is 3.12. The number of halogens is 3. The van der Waals surface area contributed by atoms with Gasteiger partial charge in [0.05, 0.1) is 5.69 Å². The van der Waals surface area contributed by atoms with Gasteiger partial charge in [0.15, 0.2) is 17.5 Å². The monoisotopic (exact) mass is 272 g/mol. The van der Waals surface area contributed by atoms with Crippen molar-refractivity contribution in [2.75, 3.05) is 5.32 Å². The van der Waals surface area contributed by atoms with Gasteiger partial charge >= 0.3 is 0 Å². The van der Waals surface area contributed by atoms with Crippen molar-refractivity contribution >= 4 is 23.1 Å². The van der Waals surface area contributed by atoms with Crippen molar-refractivity contribution in [3.63, 3.8) is 0 Å². The van der Waals surface area contributed by atoms with Crippen LogP contribution in [0.25, 0.3) is 0 Å². The van der Waals surface area contributed by atoms with Gasteiger partial charge in [-0.05, 0) is 36.7 Å². The summed E-state index contributed by atoms with van der Waals surface area (Å²) in [5, 5.41) is 2.13. The van der Waals surface area contributed by atoms with Gasteiger partial charge < -0.3 is 5.32 Å². The smallest absolute Gasteiger partial charge is 0.275 e. The van der Waals surface area contributed by atoms with Gasteiger partial charge in [-0.25, -0.2) is 13.2 Å². The molecule has 0 fully saturated rings. The van der Waals surface area contributed by atoms with Gasteiger partial charge in [-0.3, -0.25) is 4.79 Å². The standard InChI is InChI=1S/C11H7F3N2OS/c1-5-4-8(16-18-5)11(17)15-7-3-2-6(12)9(13)10(7)14/h2-4H,1H3,(H,15,17). The normalized spacial score (nSPS) is 10.4. The lowest BCUT2D eigenvalue weighted by atomic mass is 10.2. The van der Waals surface area contributed by atoms with E-state index in [9.17, 15) is 18.0 Å². The first-order chi connectivity index (χ1) is 8.49. The van der Waals surface area contributed by atoms with Crippen molar-refractivity contribution in [1.29, 1.82) is 0 Å². The van der Waals surface area contributed by atoms with Crippen LogP contribution in [0.1, 0.15) is 15.4 Å². The van der Waals surface area contributed by atoms with Gasteiger partial charge in [0.25, 0.3) is 5.91 Å². The second kappa shape index (κ2) is 4.77. The number of benzene rings is 1. The third kappa shape index (κ3) is 2.35. The Morgan fingerprint density at radius 2 is 2.00 bits per heavy atom. The molecule has 0 unspecified atom stereocenters. The minimum Gasteiger partial charge on any atom is -0.318 e. The van der Waals surface area contributed by atoms with Gasteiger partial charge in [0.1, 0.15) is 5.69 Å². The molecule has 0 bridgehead atoms. The van der Waals surface area contributed by atoms with Crippen LogP contribution in [-0.4, -0.2) is 10.3 Å². The first-order valence-corrected chi connectivity index (χ1v) is 5.64. The lowest BCUT2D eigenvalue weighted by molar-refractivity contribution is 0.102. The summed E-state index contributed by atoms with van der Waals surface area (Å²) in [7, 11) is 0. The lowest BCUT2D eigenvalue weighted by Gasteiger charge is -2.05. The van der Waals surface area contributed by atoms with E-state index in [1.54, 1.807) is 6.92 Å². The Morgan fingerprint density at radius 3 is 2.61 bits per heavy atom. The maximum Gasteiger partial charge on any atom is 0.275 e. The number of carbonyl (C=O) groups excluding carboxylic acids is 1. The molecule has 18 heavy (non-hydrogen) atoms. The van der Waals surface area contributed by atoms with Crippen LogP contribution in [-0.2, 0) is 0 Å². The molecule has 1 aromatic carbocycles. The highest BCUT2D eigenvalue weighted by atomic mass is 32.1. The van der Waals surface area contributed by atoms with Gasteiger partial charge in [-0.1, -0.05) is 0 Å². The molecule has 1 amide bonds. The summed E-state index contributed by atoms with van der Waals surface area (Å²) in [5.74, 6) is -5.04. The van der Waals surface area contributed by atoms with Crippen molar-refractivity contribution in [3.8, 4) is 0 Å². The second-order valence-electron chi connectivity index (χ2n) is 3.50. The molecule has 0 atom stereocenters. The van der Waals surface area contributed by atoms with E-state index < -0.39 is 29.0 Å². The third-order valence-electron chi connectivity index (χ3n) is 2.14. The van der Waals surface area contributed by atoms with E-state index in [4.69, 9.17) is 0 Å². The van der Waals surface area contributed by atoms with E-state index in [0.29, 0.717) is 0 Å². The average molecular weight is 272 g/mol. The topological polar surface area (TPSA) is 42.0 Å². The van der Waals surface area contributed by atoms with Gasteiger partial charge in [0.2, 0.25) is 0 Å². The zero-order chi connectivity index (χ0) is 13.3. The molecule has 3 nitrogen and oxygen atoms in total. The number of nitrogens with one attached hydrogen (secondary N) is 1. The van der Waals surface area contributed by atoms with E-state index >= 15 is 0 Å². The van der Waals surface area contributed by atoms with E-state index in [-0.39, 0.29) is 5.69 Å². The van der Waals surface area contributed by atoms with Crippen molar-refractivity contribution in [1.82, 2.24) is 4.37 Å². The van der Waals surface area contributed by atoms with Crippen LogP contribution in [0.4, 0.5) is 18.9 Å². The Morgan fingerprint density at radius 1 is 1.28 bits per heavy atom. The molecule has 1 N–H and O–H groups in total. The molecule has 0 saturated heterocycles. The maximum absolute atomic E-state index is 13.3. The Hall–Kier alpha value is -1.89. The highest BCUT2D eigenvalue weighted by Crippen LogP contribution is 2.20.